The van der Waals surface area contributed by atoms with Crippen LogP contribution in [0.1, 0.15) is 13.8 Å². The van der Waals surface area contributed by atoms with Crippen LogP contribution >= 0.6 is 0 Å². The molecule has 3 N–H and O–H groups in total. The topological polar surface area (TPSA) is 114 Å². The molecule has 0 rings (SSSR count). The molecular formula is C10H17N3O5. The number of ether oxygens (including phenoxy) is 1. The van der Waals surface area contributed by atoms with E-state index in [0.29, 0.717) is 0 Å². The van der Waals surface area contributed by atoms with Crippen molar-refractivity contribution < 1.29 is 23.9 Å². The van der Waals surface area contributed by atoms with E-state index in [1.54, 1.807) is 6.92 Å². The number of hydrogen-bond donors (Lipinski definition) is 3. The molecule has 0 fully saturated rings. The maximum absolute atomic E-state index is 11.2. The monoisotopic (exact) mass is 259 g/mol. The fourth-order valence-corrected chi connectivity index (χ4v) is 0.891. The van der Waals surface area contributed by atoms with Gasteiger partial charge in [0.05, 0.1) is 19.7 Å². The molecule has 0 aromatic carbocycles. The largest absolute Gasteiger partial charge is 0.465 e. The van der Waals surface area contributed by atoms with Crippen molar-refractivity contribution in [2.45, 2.75) is 13.8 Å². The number of carbonyl (C=O) groups is 4. The van der Waals surface area contributed by atoms with Gasteiger partial charge in [-0.05, 0) is 6.92 Å². The molecule has 0 atom stereocenters. The van der Waals surface area contributed by atoms with E-state index in [9.17, 15) is 19.2 Å². The Balaban J connectivity index is 3.67. The molecule has 0 saturated carbocycles. The van der Waals surface area contributed by atoms with E-state index >= 15 is 0 Å². The van der Waals surface area contributed by atoms with Gasteiger partial charge in [0.1, 0.15) is 6.54 Å². The van der Waals surface area contributed by atoms with Gasteiger partial charge < -0.3 is 20.7 Å². The summed E-state index contributed by atoms with van der Waals surface area (Å²) in [7, 11) is 0. The summed E-state index contributed by atoms with van der Waals surface area (Å²) in [6.07, 6.45) is 0. The molecule has 18 heavy (non-hydrogen) atoms. The first-order valence-electron chi connectivity index (χ1n) is 5.39. The summed E-state index contributed by atoms with van der Waals surface area (Å²) < 4.78 is 4.59. The summed E-state index contributed by atoms with van der Waals surface area (Å²) in [6.45, 7) is 2.47. The quantitative estimate of drug-likeness (QED) is 0.454. The molecule has 0 heterocycles. The first kappa shape index (κ1) is 15.9. The standard InChI is InChI=1S/C10H17N3O5/c1-3-18-10(17)6-13-9(16)5-12-8(15)4-11-7(2)14/h3-6H2,1-2H3,(H,11,14)(H,12,15)(H,13,16). The Kier molecular flexibility index (Phi) is 7.91. The van der Waals surface area contributed by atoms with Crippen LogP contribution in [0.25, 0.3) is 0 Å². The molecule has 8 heteroatoms. The van der Waals surface area contributed by atoms with E-state index in [1.807, 2.05) is 0 Å². The maximum atomic E-state index is 11.2. The van der Waals surface area contributed by atoms with Crippen LogP contribution < -0.4 is 16.0 Å². The van der Waals surface area contributed by atoms with E-state index in [0.717, 1.165) is 0 Å². The Morgan fingerprint density at radius 3 is 1.89 bits per heavy atom. The number of carbonyl (C=O) groups excluding carboxylic acids is 4. The Hall–Kier alpha value is -2.12. The number of hydrogen-bond acceptors (Lipinski definition) is 5. The number of esters is 1. The van der Waals surface area contributed by atoms with Crippen LogP contribution in [0.3, 0.4) is 0 Å². The lowest BCUT2D eigenvalue weighted by Crippen LogP contribution is -2.42. The van der Waals surface area contributed by atoms with E-state index in [-0.39, 0.29) is 32.1 Å². The van der Waals surface area contributed by atoms with Crippen LogP contribution in [0.4, 0.5) is 0 Å². The van der Waals surface area contributed by atoms with Crippen molar-refractivity contribution in [3.05, 3.63) is 0 Å². The molecule has 0 unspecified atom stereocenters. The van der Waals surface area contributed by atoms with Gasteiger partial charge in [0.25, 0.3) is 0 Å². The lowest BCUT2D eigenvalue weighted by molar-refractivity contribution is -0.143. The molecule has 0 aliphatic heterocycles. The second-order valence-corrected chi connectivity index (χ2v) is 3.27. The fraction of sp³-hybridized carbons (Fsp3) is 0.600. The minimum Gasteiger partial charge on any atom is -0.465 e. The molecule has 8 nitrogen and oxygen atoms in total. The zero-order valence-electron chi connectivity index (χ0n) is 10.4. The molecule has 0 aromatic heterocycles. The Morgan fingerprint density at radius 1 is 0.889 bits per heavy atom. The third-order valence-corrected chi connectivity index (χ3v) is 1.68. The maximum Gasteiger partial charge on any atom is 0.325 e. The lowest BCUT2D eigenvalue weighted by Gasteiger charge is -2.06. The summed E-state index contributed by atoms with van der Waals surface area (Å²) in [5.74, 6) is -1.89. The van der Waals surface area contributed by atoms with Crippen molar-refractivity contribution >= 4 is 23.7 Å². The lowest BCUT2D eigenvalue weighted by atomic mass is 10.5. The van der Waals surface area contributed by atoms with Gasteiger partial charge in [-0.15, -0.1) is 0 Å². The first-order valence-corrected chi connectivity index (χ1v) is 5.39. The molecule has 0 aliphatic carbocycles. The minimum atomic E-state index is -0.546. The van der Waals surface area contributed by atoms with Crippen molar-refractivity contribution in [3.8, 4) is 0 Å². The zero-order chi connectivity index (χ0) is 14.0. The van der Waals surface area contributed by atoms with Crippen LogP contribution in [0.5, 0.6) is 0 Å². The first-order chi connectivity index (χ1) is 8.45. The highest BCUT2D eigenvalue weighted by atomic mass is 16.5. The van der Waals surface area contributed by atoms with Gasteiger partial charge in [-0.2, -0.15) is 0 Å². The second-order valence-electron chi connectivity index (χ2n) is 3.27. The van der Waals surface area contributed by atoms with Crippen LogP contribution in [0.2, 0.25) is 0 Å². The normalized spacial score (nSPS) is 9.22. The van der Waals surface area contributed by atoms with Gasteiger partial charge in [0.15, 0.2) is 0 Å². The predicted molar refractivity (Wildman–Crippen MR) is 61.3 cm³/mol. The highest BCUT2D eigenvalue weighted by Gasteiger charge is 2.07. The van der Waals surface area contributed by atoms with Gasteiger partial charge in [-0.3, -0.25) is 19.2 Å². The molecule has 0 saturated heterocycles. The third-order valence-electron chi connectivity index (χ3n) is 1.68. The summed E-state index contributed by atoms with van der Waals surface area (Å²) in [6, 6.07) is 0. The average molecular weight is 259 g/mol. The van der Waals surface area contributed by atoms with Crippen LogP contribution in [0.15, 0.2) is 0 Å². The predicted octanol–water partition coefficient (Wildman–Crippen LogP) is -2.08. The van der Waals surface area contributed by atoms with Crippen molar-refractivity contribution in [3.63, 3.8) is 0 Å². The van der Waals surface area contributed by atoms with E-state index in [1.165, 1.54) is 6.92 Å². The van der Waals surface area contributed by atoms with Crippen LogP contribution in [-0.4, -0.2) is 49.9 Å². The van der Waals surface area contributed by atoms with Gasteiger partial charge >= 0.3 is 5.97 Å². The Labute approximate surface area is 104 Å². The summed E-state index contributed by atoms with van der Waals surface area (Å²) >= 11 is 0. The SMILES string of the molecule is CCOC(=O)CNC(=O)CNC(=O)CNC(C)=O. The molecular weight excluding hydrogens is 242 g/mol. The van der Waals surface area contributed by atoms with Crippen molar-refractivity contribution in [1.29, 1.82) is 0 Å². The molecule has 0 bridgehead atoms. The van der Waals surface area contributed by atoms with Crippen molar-refractivity contribution in [2.24, 2.45) is 0 Å². The number of amides is 3. The summed E-state index contributed by atoms with van der Waals surface area (Å²) in [4.78, 5) is 43.7. The van der Waals surface area contributed by atoms with E-state index in [4.69, 9.17) is 0 Å². The van der Waals surface area contributed by atoms with Crippen LogP contribution in [-0.2, 0) is 23.9 Å². The molecule has 3 amide bonds. The summed E-state index contributed by atoms with van der Waals surface area (Å²) in [5, 5.41) is 6.83. The van der Waals surface area contributed by atoms with Crippen molar-refractivity contribution in [1.82, 2.24) is 16.0 Å². The molecule has 0 radical (unpaired) electrons. The van der Waals surface area contributed by atoms with E-state index in [2.05, 4.69) is 20.7 Å². The van der Waals surface area contributed by atoms with E-state index < -0.39 is 17.8 Å². The highest BCUT2D eigenvalue weighted by molar-refractivity contribution is 5.88. The van der Waals surface area contributed by atoms with Gasteiger partial charge in [0.2, 0.25) is 17.7 Å². The second kappa shape index (κ2) is 8.97. The molecule has 0 aromatic rings. The Bertz CT molecular complexity index is 329. The average Bonchev–Trinajstić information content (AvgIpc) is 2.31. The molecule has 0 spiro atoms. The smallest absolute Gasteiger partial charge is 0.325 e. The molecule has 102 valence electrons. The third kappa shape index (κ3) is 9.13. The molecule has 0 aliphatic rings. The van der Waals surface area contributed by atoms with Crippen molar-refractivity contribution in [2.75, 3.05) is 26.2 Å². The highest BCUT2D eigenvalue weighted by Crippen LogP contribution is 1.75. The van der Waals surface area contributed by atoms with Gasteiger partial charge in [-0.1, -0.05) is 0 Å². The number of rotatable bonds is 7. The summed E-state index contributed by atoms with van der Waals surface area (Å²) in [5.41, 5.74) is 0. The Morgan fingerprint density at radius 2 is 1.39 bits per heavy atom. The zero-order valence-corrected chi connectivity index (χ0v) is 10.4. The number of nitrogens with one attached hydrogen (secondary N) is 3. The van der Waals surface area contributed by atoms with Gasteiger partial charge in [-0.25, -0.2) is 0 Å². The minimum absolute atomic E-state index is 0.194. The van der Waals surface area contributed by atoms with Crippen LogP contribution in [0, 0.1) is 0 Å². The fourth-order valence-electron chi connectivity index (χ4n) is 0.891. The van der Waals surface area contributed by atoms with Gasteiger partial charge in [0, 0.05) is 6.92 Å².